The fourth-order valence-electron chi connectivity index (χ4n) is 2.80. The number of benzene rings is 1. The Morgan fingerprint density at radius 1 is 1.18 bits per heavy atom. The van der Waals surface area contributed by atoms with Crippen LogP contribution in [0.4, 0.5) is 10.2 Å². The Morgan fingerprint density at radius 3 is 2.64 bits per heavy atom. The largest absolute Gasteiger partial charge is 0.371 e. The predicted molar refractivity (Wildman–Crippen MR) is 108 cm³/mol. The van der Waals surface area contributed by atoms with Gasteiger partial charge in [0.1, 0.15) is 0 Å². The van der Waals surface area contributed by atoms with Gasteiger partial charge in [-0.15, -0.1) is 0 Å². The summed E-state index contributed by atoms with van der Waals surface area (Å²) in [6.07, 6.45) is 4.23. The summed E-state index contributed by atoms with van der Waals surface area (Å²) in [5, 5.41) is 3.74. The zero-order chi connectivity index (χ0) is 19.8. The highest BCUT2D eigenvalue weighted by atomic mass is 35.5. The van der Waals surface area contributed by atoms with Crippen LogP contribution in [-0.4, -0.2) is 30.2 Å². The molecule has 0 saturated carbocycles. The van der Waals surface area contributed by atoms with Crippen molar-refractivity contribution in [3.05, 3.63) is 65.3 Å². The second kappa shape index (κ2) is 7.29. The van der Waals surface area contributed by atoms with Crippen LogP contribution in [0.25, 0.3) is 22.4 Å². The molecule has 0 aliphatic rings. The van der Waals surface area contributed by atoms with Crippen molar-refractivity contribution < 1.29 is 8.60 Å². The molecule has 1 N–H and O–H groups in total. The Kier molecular flexibility index (Phi) is 4.82. The van der Waals surface area contributed by atoms with E-state index in [0.717, 1.165) is 11.8 Å². The lowest BCUT2D eigenvalue weighted by Gasteiger charge is -2.05. The van der Waals surface area contributed by atoms with E-state index in [1.54, 1.807) is 31.4 Å². The molecule has 1 unspecified atom stereocenters. The van der Waals surface area contributed by atoms with E-state index in [-0.39, 0.29) is 11.6 Å². The third-order valence-corrected chi connectivity index (χ3v) is 5.72. The summed E-state index contributed by atoms with van der Waals surface area (Å²) in [6.45, 7) is 1.96. The first-order valence-electron chi connectivity index (χ1n) is 8.34. The molecule has 0 amide bonds. The predicted octanol–water partition coefficient (Wildman–Crippen LogP) is 4.21. The first-order chi connectivity index (χ1) is 13.5. The number of nitrogens with one attached hydrogen (secondary N) is 1. The Balaban J connectivity index is 1.92. The normalized spacial score (nSPS) is 12.3. The first-order valence-corrected chi connectivity index (χ1v) is 9.82. The minimum atomic E-state index is -1.53. The molecular weight excluding hydrogens is 401 g/mol. The van der Waals surface area contributed by atoms with Gasteiger partial charge in [-0.3, -0.25) is 0 Å². The molecule has 28 heavy (non-hydrogen) atoms. The number of aryl methyl sites for hydroxylation is 1. The Morgan fingerprint density at radius 2 is 1.93 bits per heavy atom. The number of nitrogens with zero attached hydrogens (tertiary/aromatic N) is 4. The van der Waals surface area contributed by atoms with Crippen LogP contribution in [0.2, 0.25) is 5.02 Å². The standard InChI is InChI=1S/C19H15ClFN5OS/c1-11-3-5-13(6-4-11)28(27)26-10-15(14-7-12(20)8-24-19(14)26)17-23-9-16(21)18(22-2)25-17/h3-10H,1-2H3,(H,22,23,25). The van der Waals surface area contributed by atoms with Crippen LogP contribution >= 0.6 is 11.6 Å². The summed E-state index contributed by atoms with van der Waals surface area (Å²) in [5.41, 5.74) is 2.10. The van der Waals surface area contributed by atoms with Gasteiger partial charge >= 0.3 is 0 Å². The molecule has 4 aromatic rings. The Labute approximate surface area is 168 Å². The number of halogens is 2. The highest BCUT2D eigenvalue weighted by molar-refractivity contribution is 7.83. The zero-order valence-electron chi connectivity index (χ0n) is 15.0. The number of hydrogen-bond donors (Lipinski definition) is 1. The number of hydrogen-bond acceptors (Lipinski definition) is 5. The van der Waals surface area contributed by atoms with Gasteiger partial charge in [-0.25, -0.2) is 27.5 Å². The van der Waals surface area contributed by atoms with Gasteiger partial charge in [0.15, 0.2) is 34.1 Å². The van der Waals surface area contributed by atoms with Gasteiger partial charge in [0, 0.05) is 30.4 Å². The lowest BCUT2D eigenvalue weighted by atomic mass is 10.2. The average molecular weight is 416 g/mol. The lowest BCUT2D eigenvalue weighted by Crippen LogP contribution is -2.04. The third kappa shape index (κ3) is 3.25. The first kappa shape index (κ1) is 18.5. The summed E-state index contributed by atoms with van der Waals surface area (Å²) in [6, 6.07) is 9.10. The molecule has 1 aromatic carbocycles. The monoisotopic (exact) mass is 415 g/mol. The molecule has 0 saturated heterocycles. The molecule has 3 heterocycles. The maximum atomic E-state index is 13.8. The zero-order valence-corrected chi connectivity index (χ0v) is 16.6. The maximum absolute atomic E-state index is 13.8. The van der Waals surface area contributed by atoms with Crippen LogP contribution in [0.5, 0.6) is 0 Å². The van der Waals surface area contributed by atoms with E-state index < -0.39 is 16.8 Å². The van der Waals surface area contributed by atoms with Gasteiger partial charge in [0.2, 0.25) is 0 Å². The molecule has 0 fully saturated rings. The number of anilines is 1. The van der Waals surface area contributed by atoms with Crippen molar-refractivity contribution in [1.29, 1.82) is 0 Å². The van der Waals surface area contributed by atoms with Crippen molar-refractivity contribution in [3.8, 4) is 11.4 Å². The molecular formula is C19H15ClFN5OS. The average Bonchev–Trinajstić information content (AvgIpc) is 3.07. The highest BCUT2D eigenvalue weighted by Crippen LogP contribution is 2.31. The molecule has 9 heteroatoms. The number of aromatic nitrogens is 4. The minimum Gasteiger partial charge on any atom is -0.371 e. The quantitative estimate of drug-likeness (QED) is 0.540. The van der Waals surface area contributed by atoms with Crippen LogP contribution in [0.3, 0.4) is 0 Å². The fourth-order valence-corrected chi connectivity index (χ4v) is 4.06. The molecule has 0 bridgehead atoms. The van der Waals surface area contributed by atoms with E-state index in [4.69, 9.17) is 11.6 Å². The molecule has 3 aromatic heterocycles. The van der Waals surface area contributed by atoms with Crippen molar-refractivity contribution >= 4 is 39.4 Å². The SMILES string of the molecule is CNc1nc(-c2cn(S(=O)c3ccc(C)cc3)c3ncc(Cl)cc23)ncc1F. The highest BCUT2D eigenvalue weighted by Gasteiger charge is 2.19. The molecule has 142 valence electrons. The van der Waals surface area contributed by atoms with Crippen LogP contribution in [0.15, 0.2) is 53.8 Å². The lowest BCUT2D eigenvalue weighted by molar-refractivity contribution is 0.619. The number of fused-ring (bicyclic) bond motifs is 1. The Hall–Kier alpha value is -2.84. The van der Waals surface area contributed by atoms with E-state index >= 15 is 0 Å². The summed E-state index contributed by atoms with van der Waals surface area (Å²) in [5.74, 6) is -0.214. The van der Waals surface area contributed by atoms with Crippen LogP contribution < -0.4 is 5.32 Å². The number of pyridine rings is 1. The molecule has 6 nitrogen and oxygen atoms in total. The molecule has 0 radical (unpaired) electrons. The summed E-state index contributed by atoms with van der Waals surface area (Å²) >= 11 is 6.12. The molecule has 4 rings (SSSR count). The van der Waals surface area contributed by atoms with E-state index in [2.05, 4.69) is 20.3 Å². The van der Waals surface area contributed by atoms with Gasteiger partial charge in [-0.2, -0.15) is 0 Å². The summed E-state index contributed by atoms with van der Waals surface area (Å²) in [7, 11) is 0.0379. The van der Waals surface area contributed by atoms with Crippen LogP contribution in [0, 0.1) is 12.7 Å². The summed E-state index contributed by atoms with van der Waals surface area (Å²) < 4.78 is 28.5. The number of rotatable bonds is 4. The van der Waals surface area contributed by atoms with Gasteiger partial charge in [-0.05, 0) is 25.1 Å². The second-order valence-electron chi connectivity index (χ2n) is 6.10. The van der Waals surface area contributed by atoms with E-state index in [9.17, 15) is 8.60 Å². The van der Waals surface area contributed by atoms with Crippen molar-refractivity contribution in [2.45, 2.75) is 11.8 Å². The van der Waals surface area contributed by atoms with E-state index in [1.165, 1.54) is 10.2 Å². The fraction of sp³-hybridized carbons (Fsp3) is 0.105. The van der Waals surface area contributed by atoms with Crippen molar-refractivity contribution in [2.75, 3.05) is 12.4 Å². The third-order valence-electron chi connectivity index (χ3n) is 4.20. The van der Waals surface area contributed by atoms with E-state index in [1.807, 2.05) is 19.1 Å². The summed E-state index contributed by atoms with van der Waals surface area (Å²) in [4.78, 5) is 13.3. The van der Waals surface area contributed by atoms with E-state index in [0.29, 0.717) is 26.5 Å². The Bertz CT molecular complexity index is 1210. The van der Waals surface area contributed by atoms with Crippen molar-refractivity contribution in [2.24, 2.45) is 0 Å². The maximum Gasteiger partial charge on any atom is 0.183 e. The smallest absolute Gasteiger partial charge is 0.183 e. The minimum absolute atomic E-state index is 0.0699. The molecule has 1 atom stereocenters. The second-order valence-corrected chi connectivity index (χ2v) is 7.90. The van der Waals surface area contributed by atoms with Gasteiger partial charge in [-0.1, -0.05) is 29.3 Å². The van der Waals surface area contributed by atoms with Crippen molar-refractivity contribution in [3.63, 3.8) is 0 Å². The van der Waals surface area contributed by atoms with Crippen molar-refractivity contribution in [1.82, 2.24) is 18.9 Å². The molecule has 0 aliphatic carbocycles. The van der Waals surface area contributed by atoms with Crippen LogP contribution in [-0.2, 0) is 11.0 Å². The van der Waals surface area contributed by atoms with Gasteiger partial charge in [0.05, 0.1) is 16.1 Å². The molecule has 0 spiro atoms. The van der Waals surface area contributed by atoms with Gasteiger partial charge < -0.3 is 5.32 Å². The topological polar surface area (TPSA) is 72.7 Å². The molecule has 0 aliphatic heterocycles. The van der Waals surface area contributed by atoms with Gasteiger partial charge in [0.25, 0.3) is 0 Å². The van der Waals surface area contributed by atoms with Crippen LogP contribution in [0.1, 0.15) is 5.56 Å².